The SMILES string of the molecule is COCCOc1ccc([C@@H](CC(=O)Cc2cncc(F)c2CC[C@@H]2CN[C@H](COC(=O)CCC(F)(F)F)CO2)c2ccc(F)cc2)cc1. The number of morpholine rings is 1. The highest BCUT2D eigenvalue weighted by atomic mass is 19.4. The molecule has 1 aliphatic heterocycles. The second-order valence-electron chi connectivity index (χ2n) is 11.6. The molecule has 1 N–H and O–H groups in total. The molecule has 1 fully saturated rings. The van der Waals surface area contributed by atoms with E-state index in [1.165, 1.54) is 18.3 Å². The molecule has 260 valence electrons. The minimum Gasteiger partial charge on any atom is -0.491 e. The fraction of sp³-hybridized carbons (Fsp3) is 0.457. The molecule has 0 bridgehead atoms. The van der Waals surface area contributed by atoms with E-state index in [2.05, 4.69) is 10.3 Å². The Balaban J connectivity index is 1.33. The average Bonchev–Trinajstić information content (AvgIpc) is 3.06. The lowest BCUT2D eigenvalue weighted by Gasteiger charge is -2.30. The van der Waals surface area contributed by atoms with Crippen LogP contribution < -0.4 is 10.1 Å². The Morgan fingerprint density at radius 1 is 1.02 bits per heavy atom. The van der Waals surface area contributed by atoms with E-state index in [0.717, 1.165) is 17.3 Å². The summed E-state index contributed by atoms with van der Waals surface area (Å²) in [6.45, 7) is 1.22. The van der Waals surface area contributed by atoms with Crippen molar-refractivity contribution in [3.05, 3.63) is 94.8 Å². The lowest BCUT2D eigenvalue weighted by molar-refractivity contribution is -0.158. The molecule has 1 aliphatic rings. The number of benzene rings is 2. The lowest BCUT2D eigenvalue weighted by Crippen LogP contribution is -2.49. The summed E-state index contributed by atoms with van der Waals surface area (Å²) in [5.41, 5.74) is 2.42. The van der Waals surface area contributed by atoms with E-state index in [0.29, 0.717) is 43.1 Å². The number of ketones is 1. The Hall–Kier alpha value is -3.94. The highest BCUT2D eigenvalue weighted by Gasteiger charge is 2.29. The van der Waals surface area contributed by atoms with E-state index in [1.54, 1.807) is 31.4 Å². The number of carbonyl (C=O) groups is 2. The molecule has 1 saturated heterocycles. The second-order valence-corrected chi connectivity index (χ2v) is 11.6. The smallest absolute Gasteiger partial charge is 0.389 e. The third-order valence-corrected chi connectivity index (χ3v) is 7.97. The molecular formula is C35H39F5N2O6. The van der Waals surface area contributed by atoms with Gasteiger partial charge in [-0.25, -0.2) is 8.78 Å². The van der Waals surface area contributed by atoms with Crippen LogP contribution in [0.1, 0.15) is 53.9 Å². The highest BCUT2D eigenvalue weighted by Crippen LogP contribution is 2.31. The van der Waals surface area contributed by atoms with E-state index in [9.17, 15) is 27.2 Å². The first-order valence-electron chi connectivity index (χ1n) is 15.7. The normalized spacial score (nSPS) is 17.1. The monoisotopic (exact) mass is 678 g/mol. The van der Waals surface area contributed by atoms with Crippen molar-refractivity contribution in [3.8, 4) is 5.75 Å². The Labute approximate surface area is 275 Å². The summed E-state index contributed by atoms with van der Waals surface area (Å²) in [5.74, 6) is -1.75. The van der Waals surface area contributed by atoms with Gasteiger partial charge in [0, 0.05) is 38.6 Å². The summed E-state index contributed by atoms with van der Waals surface area (Å²) in [6, 6.07) is 12.9. The number of methoxy groups -OCH3 is 1. The maximum absolute atomic E-state index is 15.0. The molecule has 0 saturated carbocycles. The molecule has 0 radical (unpaired) electrons. The number of alkyl halides is 3. The summed E-state index contributed by atoms with van der Waals surface area (Å²) in [6.07, 6.45) is -3.41. The number of esters is 1. The van der Waals surface area contributed by atoms with Crippen LogP contribution in [0.2, 0.25) is 0 Å². The molecule has 1 aromatic heterocycles. The molecule has 8 nitrogen and oxygen atoms in total. The largest absolute Gasteiger partial charge is 0.491 e. The van der Waals surface area contributed by atoms with Gasteiger partial charge in [0.25, 0.3) is 0 Å². The number of carbonyl (C=O) groups excluding carboxylic acids is 2. The standard InChI is InChI=1S/C35H39F5N2O6/c1-45-14-15-46-29-8-4-24(5-9-29)32(23-2-6-26(36)7-3-23)17-28(43)16-25-18-41-20-33(37)31(25)11-10-30-19-42-27(21-47-30)22-48-34(44)12-13-35(38,39)40/h2-9,18,20,27,30,32,42H,10-17,19,21-22H2,1H3/t27-,30+,32-/m0/s1. The Bertz CT molecular complexity index is 1460. The van der Waals surface area contributed by atoms with Crippen LogP contribution in [0.15, 0.2) is 60.9 Å². The molecule has 0 spiro atoms. The molecule has 3 atom stereocenters. The molecule has 48 heavy (non-hydrogen) atoms. The van der Waals surface area contributed by atoms with Crippen LogP contribution in [0.4, 0.5) is 22.0 Å². The minimum absolute atomic E-state index is 0.0540. The van der Waals surface area contributed by atoms with Crippen molar-refractivity contribution in [2.24, 2.45) is 0 Å². The van der Waals surface area contributed by atoms with Gasteiger partial charge in [-0.2, -0.15) is 13.2 Å². The molecule has 0 unspecified atom stereocenters. The van der Waals surface area contributed by atoms with Gasteiger partial charge in [0.15, 0.2) is 0 Å². The van der Waals surface area contributed by atoms with Crippen molar-refractivity contribution in [2.45, 2.75) is 62.8 Å². The number of Topliss-reactive ketones (excluding diaryl/α,β-unsaturated/α-hetero) is 1. The van der Waals surface area contributed by atoms with Crippen LogP contribution in [0, 0.1) is 11.6 Å². The predicted molar refractivity (Wildman–Crippen MR) is 166 cm³/mol. The van der Waals surface area contributed by atoms with Gasteiger partial charge in [-0.3, -0.25) is 14.6 Å². The number of nitrogens with one attached hydrogen (secondary N) is 1. The average molecular weight is 679 g/mol. The third-order valence-electron chi connectivity index (χ3n) is 7.97. The first-order valence-corrected chi connectivity index (χ1v) is 15.7. The summed E-state index contributed by atoms with van der Waals surface area (Å²) in [7, 11) is 1.58. The molecule has 0 amide bonds. The van der Waals surface area contributed by atoms with Gasteiger partial charge in [0.1, 0.15) is 36.4 Å². The van der Waals surface area contributed by atoms with E-state index in [-0.39, 0.29) is 56.3 Å². The maximum Gasteiger partial charge on any atom is 0.389 e. The van der Waals surface area contributed by atoms with Crippen LogP contribution >= 0.6 is 0 Å². The van der Waals surface area contributed by atoms with E-state index < -0.39 is 36.6 Å². The first kappa shape index (κ1) is 36.9. The number of ether oxygens (including phenoxy) is 4. The van der Waals surface area contributed by atoms with Crippen LogP contribution in [0.3, 0.4) is 0 Å². The second kappa shape index (κ2) is 18.0. The molecule has 0 aliphatic carbocycles. The fourth-order valence-electron chi connectivity index (χ4n) is 5.38. The maximum atomic E-state index is 15.0. The molecular weight excluding hydrogens is 639 g/mol. The summed E-state index contributed by atoms with van der Waals surface area (Å²) < 4.78 is 87.1. The first-order chi connectivity index (χ1) is 23.0. The van der Waals surface area contributed by atoms with Crippen molar-refractivity contribution in [1.82, 2.24) is 10.3 Å². The molecule has 2 heterocycles. The number of rotatable bonds is 17. The van der Waals surface area contributed by atoms with Crippen LogP contribution in [0.25, 0.3) is 0 Å². The van der Waals surface area contributed by atoms with Crippen molar-refractivity contribution in [2.75, 3.05) is 40.1 Å². The van der Waals surface area contributed by atoms with Crippen molar-refractivity contribution >= 4 is 11.8 Å². The van der Waals surface area contributed by atoms with E-state index in [1.807, 2.05) is 12.1 Å². The zero-order chi connectivity index (χ0) is 34.5. The zero-order valence-electron chi connectivity index (χ0n) is 26.6. The number of nitrogens with zero attached hydrogens (tertiary/aromatic N) is 1. The van der Waals surface area contributed by atoms with Crippen molar-refractivity contribution in [1.29, 1.82) is 0 Å². The van der Waals surface area contributed by atoms with Gasteiger partial charge in [-0.1, -0.05) is 24.3 Å². The van der Waals surface area contributed by atoms with Gasteiger partial charge in [-0.05, 0) is 59.4 Å². The van der Waals surface area contributed by atoms with E-state index >= 15 is 4.39 Å². The molecule has 3 aromatic rings. The summed E-state index contributed by atoms with van der Waals surface area (Å²) in [4.78, 5) is 29.1. The summed E-state index contributed by atoms with van der Waals surface area (Å²) >= 11 is 0. The van der Waals surface area contributed by atoms with Gasteiger partial charge < -0.3 is 24.3 Å². The predicted octanol–water partition coefficient (Wildman–Crippen LogP) is 5.89. The summed E-state index contributed by atoms with van der Waals surface area (Å²) in [5, 5.41) is 3.15. The van der Waals surface area contributed by atoms with Crippen LogP contribution in [-0.2, 0) is 36.6 Å². The number of halogens is 5. The van der Waals surface area contributed by atoms with Crippen LogP contribution in [0.5, 0.6) is 5.75 Å². The number of hydrogen-bond donors (Lipinski definition) is 1. The van der Waals surface area contributed by atoms with Crippen molar-refractivity contribution < 1.29 is 50.5 Å². The lowest BCUT2D eigenvalue weighted by atomic mass is 9.85. The molecule has 4 rings (SSSR count). The van der Waals surface area contributed by atoms with Gasteiger partial charge in [0.2, 0.25) is 0 Å². The Morgan fingerprint density at radius 3 is 2.38 bits per heavy atom. The fourth-order valence-corrected chi connectivity index (χ4v) is 5.38. The zero-order valence-corrected chi connectivity index (χ0v) is 26.6. The molecule has 2 aromatic carbocycles. The topological polar surface area (TPSA) is 96.0 Å². The van der Waals surface area contributed by atoms with Gasteiger partial charge >= 0.3 is 12.1 Å². The molecule has 13 heteroatoms. The Morgan fingerprint density at radius 2 is 1.73 bits per heavy atom. The Kier molecular flexibility index (Phi) is 13.8. The highest BCUT2D eigenvalue weighted by molar-refractivity contribution is 5.82. The number of hydrogen-bond acceptors (Lipinski definition) is 8. The van der Waals surface area contributed by atoms with E-state index in [4.69, 9.17) is 18.9 Å². The number of aromatic nitrogens is 1. The van der Waals surface area contributed by atoms with Crippen LogP contribution in [-0.4, -0.2) is 75.1 Å². The van der Waals surface area contributed by atoms with Gasteiger partial charge in [-0.15, -0.1) is 0 Å². The third kappa shape index (κ3) is 11.9. The number of pyridine rings is 1. The van der Waals surface area contributed by atoms with Gasteiger partial charge in [0.05, 0.1) is 44.4 Å². The quantitative estimate of drug-likeness (QED) is 0.107. The minimum atomic E-state index is -4.43. The van der Waals surface area contributed by atoms with Crippen molar-refractivity contribution in [3.63, 3.8) is 0 Å².